The predicted octanol–water partition coefficient (Wildman–Crippen LogP) is 0.549. The van der Waals surface area contributed by atoms with Gasteiger partial charge in [0.15, 0.2) is 5.69 Å². The summed E-state index contributed by atoms with van der Waals surface area (Å²) in [7, 11) is 3.75. The quantitative estimate of drug-likeness (QED) is 0.795. The van der Waals surface area contributed by atoms with Gasteiger partial charge in [0.2, 0.25) is 5.95 Å². The summed E-state index contributed by atoms with van der Waals surface area (Å²) in [5.74, 6) is 0.330. The second-order valence-electron chi connectivity index (χ2n) is 4.36. The van der Waals surface area contributed by atoms with Gasteiger partial charge in [-0.2, -0.15) is 4.98 Å². The molecule has 0 aliphatic rings. The van der Waals surface area contributed by atoms with Crippen LogP contribution in [0.2, 0.25) is 0 Å². The van der Waals surface area contributed by atoms with Gasteiger partial charge in [0.1, 0.15) is 5.82 Å². The highest BCUT2D eigenvalue weighted by atomic mass is 16.4. The summed E-state index contributed by atoms with van der Waals surface area (Å²) >= 11 is 0. The summed E-state index contributed by atoms with van der Waals surface area (Å²) in [6.07, 6.45) is 4.68. The molecule has 2 aromatic heterocycles. The van der Waals surface area contributed by atoms with E-state index >= 15 is 0 Å². The number of aromatic nitrogens is 4. The number of carboxylic acid groups (broad SMARTS) is 1. The van der Waals surface area contributed by atoms with E-state index in [1.54, 1.807) is 16.8 Å². The molecule has 0 amide bonds. The van der Waals surface area contributed by atoms with Crippen LogP contribution in [0.5, 0.6) is 0 Å². The third-order valence-corrected chi connectivity index (χ3v) is 2.57. The molecule has 0 aliphatic heterocycles. The molecule has 0 atom stereocenters. The van der Waals surface area contributed by atoms with Crippen molar-refractivity contribution in [3.8, 4) is 0 Å². The number of nitrogens with zero attached hydrogens (tertiary/aromatic N) is 5. The predicted molar refractivity (Wildman–Crippen MR) is 74.0 cm³/mol. The Labute approximate surface area is 116 Å². The normalized spacial score (nSPS) is 10.3. The second kappa shape index (κ2) is 6.00. The molecule has 0 fully saturated rings. The van der Waals surface area contributed by atoms with E-state index in [9.17, 15) is 4.79 Å². The molecular formula is C12H16N6O2. The summed E-state index contributed by atoms with van der Waals surface area (Å²) in [5, 5.41) is 11.9. The van der Waals surface area contributed by atoms with Crippen LogP contribution in [-0.2, 0) is 6.54 Å². The fraction of sp³-hybridized carbons (Fsp3) is 0.333. The van der Waals surface area contributed by atoms with Gasteiger partial charge in [-0.05, 0) is 6.07 Å². The van der Waals surface area contributed by atoms with Crippen LogP contribution in [0.1, 0.15) is 10.5 Å². The maximum Gasteiger partial charge on any atom is 0.356 e. The second-order valence-corrected chi connectivity index (χ2v) is 4.36. The van der Waals surface area contributed by atoms with E-state index in [0.29, 0.717) is 19.0 Å². The molecule has 2 N–H and O–H groups in total. The first kappa shape index (κ1) is 13.8. The van der Waals surface area contributed by atoms with Crippen LogP contribution < -0.4 is 10.2 Å². The number of hydrogen-bond donors (Lipinski definition) is 2. The first-order valence-electron chi connectivity index (χ1n) is 6.05. The van der Waals surface area contributed by atoms with Gasteiger partial charge in [-0.3, -0.25) is 0 Å². The fourth-order valence-electron chi connectivity index (χ4n) is 1.57. The van der Waals surface area contributed by atoms with Gasteiger partial charge in [-0.15, -0.1) is 0 Å². The SMILES string of the molecule is CN(C)c1nccc(NCCn2cnc(C(=O)O)c2)n1. The molecule has 8 nitrogen and oxygen atoms in total. The van der Waals surface area contributed by atoms with E-state index in [4.69, 9.17) is 5.11 Å². The molecule has 0 saturated heterocycles. The third-order valence-electron chi connectivity index (χ3n) is 2.57. The van der Waals surface area contributed by atoms with E-state index in [2.05, 4.69) is 20.3 Å². The lowest BCUT2D eigenvalue weighted by atomic mass is 10.5. The minimum Gasteiger partial charge on any atom is -0.476 e. The van der Waals surface area contributed by atoms with E-state index in [1.807, 2.05) is 19.0 Å². The molecule has 0 saturated carbocycles. The lowest BCUT2D eigenvalue weighted by molar-refractivity contribution is 0.0691. The summed E-state index contributed by atoms with van der Waals surface area (Å²) in [6, 6.07) is 1.78. The number of rotatable bonds is 6. The topological polar surface area (TPSA) is 96.2 Å². The fourth-order valence-corrected chi connectivity index (χ4v) is 1.57. The largest absolute Gasteiger partial charge is 0.476 e. The first-order valence-corrected chi connectivity index (χ1v) is 6.05. The maximum absolute atomic E-state index is 10.7. The molecular weight excluding hydrogens is 260 g/mol. The van der Waals surface area contributed by atoms with E-state index in [-0.39, 0.29) is 5.69 Å². The molecule has 2 aromatic rings. The van der Waals surface area contributed by atoms with Crippen molar-refractivity contribution in [2.45, 2.75) is 6.54 Å². The van der Waals surface area contributed by atoms with Gasteiger partial charge in [0, 0.05) is 39.6 Å². The van der Waals surface area contributed by atoms with Crippen LogP contribution in [0.25, 0.3) is 0 Å². The Hall–Kier alpha value is -2.64. The Morgan fingerprint density at radius 3 is 2.90 bits per heavy atom. The van der Waals surface area contributed by atoms with Gasteiger partial charge < -0.3 is 19.9 Å². The zero-order chi connectivity index (χ0) is 14.5. The smallest absolute Gasteiger partial charge is 0.356 e. The molecule has 20 heavy (non-hydrogen) atoms. The Morgan fingerprint density at radius 2 is 2.25 bits per heavy atom. The standard InChI is InChI=1S/C12H16N6O2/c1-17(2)12-14-4-3-10(16-12)13-5-6-18-7-9(11(19)20)15-8-18/h3-4,7-8H,5-6H2,1-2H3,(H,19,20)(H,13,14,16). The Morgan fingerprint density at radius 1 is 1.45 bits per heavy atom. The van der Waals surface area contributed by atoms with Gasteiger partial charge >= 0.3 is 5.97 Å². The van der Waals surface area contributed by atoms with Crippen LogP contribution in [0.15, 0.2) is 24.8 Å². The van der Waals surface area contributed by atoms with Crippen LogP contribution in [0, 0.1) is 0 Å². The average molecular weight is 276 g/mol. The van der Waals surface area contributed by atoms with Crippen LogP contribution in [-0.4, -0.2) is 51.2 Å². The summed E-state index contributed by atoms with van der Waals surface area (Å²) in [6.45, 7) is 1.21. The van der Waals surface area contributed by atoms with Crippen molar-refractivity contribution in [2.24, 2.45) is 0 Å². The highest BCUT2D eigenvalue weighted by Crippen LogP contribution is 2.07. The van der Waals surface area contributed by atoms with Crippen LogP contribution >= 0.6 is 0 Å². The van der Waals surface area contributed by atoms with E-state index in [0.717, 1.165) is 5.82 Å². The van der Waals surface area contributed by atoms with Gasteiger partial charge in [-0.1, -0.05) is 0 Å². The van der Waals surface area contributed by atoms with Gasteiger partial charge in [-0.25, -0.2) is 14.8 Å². The van der Waals surface area contributed by atoms with Crippen molar-refractivity contribution in [1.29, 1.82) is 0 Å². The third kappa shape index (κ3) is 3.44. The number of nitrogens with one attached hydrogen (secondary N) is 1. The number of aromatic carboxylic acids is 1. The van der Waals surface area contributed by atoms with Crippen molar-refractivity contribution in [3.05, 3.63) is 30.5 Å². The summed E-state index contributed by atoms with van der Waals surface area (Å²) < 4.78 is 1.71. The first-order chi connectivity index (χ1) is 9.56. The molecule has 0 aliphatic carbocycles. The monoisotopic (exact) mass is 276 g/mol. The zero-order valence-electron chi connectivity index (χ0n) is 11.3. The molecule has 0 unspecified atom stereocenters. The van der Waals surface area contributed by atoms with Crippen molar-refractivity contribution < 1.29 is 9.90 Å². The molecule has 8 heteroatoms. The minimum atomic E-state index is -1.02. The number of anilines is 2. The number of carbonyl (C=O) groups is 1. The lowest BCUT2D eigenvalue weighted by Gasteiger charge is -2.11. The Bertz CT molecular complexity index is 595. The zero-order valence-corrected chi connectivity index (χ0v) is 11.3. The molecule has 0 radical (unpaired) electrons. The molecule has 0 bridgehead atoms. The van der Waals surface area contributed by atoms with Crippen LogP contribution in [0.3, 0.4) is 0 Å². The minimum absolute atomic E-state index is 0.0435. The highest BCUT2D eigenvalue weighted by Gasteiger charge is 2.06. The molecule has 2 heterocycles. The van der Waals surface area contributed by atoms with Crippen molar-refractivity contribution in [1.82, 2.24) is 19.5 Å². The Kier molecular flexibility index (Phi) is 4.14. The summed E-state index contributed by atoms with van der Waals surface area (Å²) in [4.78, 5) is 24.7. The number of hydrogen-bond acceptors (Lipinski definition) is 6. The van der Waals surface area contributed by atoms with Crippen molar-refractivity contribution in [3.63, 3.8) is 0 Å². The number of carboxylic acids is 1. The van der Waals surface area contributed by atoms with Crippen molar-refractivity contribution in [2.75, 3.05) is 30.9 Å². The highest BCUT2D eigenvalue weighted by molar-refractivity contribution is 5.84. The van der Waals surface area contributed by atoms with Crippen molar-refractivity contribution >= 4 is 17.7 Å². The maximum atomic E-state index is 10.7. The molecule has 0 spiro atoms. The van der Waals surface area contributed by atoms with E-state index in [1.165, 1.54) is 12.5 Å². The average Bonchev–Trinajstić information content (AvgIpc) is 2.88. The Balaban J connectivity index is 1.89. The molecule has 0 aromatic carbocycles. The molecule has 2 rings (SSSR count). The molecule has 106 valence electrons. The van der Waals surface area contributed by atoms with Gasteiger partial charge in [0.25, 0.3) is 0 Å². The lowest BCUT2D eigenvalue weighted by Crippen LogP contribution is -2.15. The number of imidazole rings is 1. The van der Waals surface area contributed by atoms with Gasteiger partial charge in [0.05, 0.1) is 6.33 Å². The summed E-state index contributed by atoms with van der Waals surface area (Å²) in [5.41, 5.74) is 0.0435. The van der Waals surface area contributed by atoms with E-state index < -0.39 is 5.97 Å². The van der Waals surface area contributed by atoms with Crippen LogP contribution in [0.4, 0.5) is 11.8 Å².